The van der Waals surface area contributed by atoms with Gasteiger partial charge in [-0.25, -0.2) is 0 Å². The molecule has 0 aromatic heterocycles. The third kappa shape index (κ3) is 3.98. The van der Waals surface area contributed by atoms with E-state index in [0.29, 0.717) is 5.75 Å². The van der Waals surface area contributed by atoms with Gasteiger partial charge in [0.05, 0.1) is 18.8 Å². The predicted molar refractivity (Wildman–Crippen MR) is 73.1 cm³/mol. The summed E-state index contributed by atoms with van der Waals surface area (Å²) in [7, 11) is 1.55. The molecule has 2 aromatic rings. The van der Waals surface area contributed by atoms with Crippen molar-refractivity contribution in [2.45, 2.75) is 18.7 Å². The molecule has 1 N–H and O–H groups in total. The molecule has 1 unspecified atom stereocenters. The van der Waals surface area contributed by atoms with Gasteiger partial charge in [0.15, 0.2) is 0 Å². The summed E-state index contributed by atoms with van der Waals surface area (Å²) >= 11 is 0. The number of halogens is 3. The molecular weight excluding hydrogens is 281 g/mol. The van der Waals surface area contributed by atoms with Gasteiger partial charge >= 0.3 is 6.18 Å². The molecule has 0 spiro atoms. The van der Waals surface area contributed by atoms with E-state index in [9.17, 15) is 18.3 Å². The Bertz CT molecular complexity index is 591. The predicted octanol–water partition coefficient (Wildman–Crippen LogP) is 3.99. The van der Waals surface area contributed by atoms with E-state index in [2.05, 4.69) is 0 Å². The summed E-state index contributed by atoms with van der Waals surface area (Å²) in [6.07, 6.45) is -5.15. The lowest BCUT2D eigenvalue weighted by Crippen LogP contribution is -2.08. The molecule has 21 heavy (non-hydrogen) atoms. The number of aliphatic hydroxyl groups is 1. The van der Waals surface area contributed by atoms with Gasteiger partial charge < -0.3 is 9.84 Å². The fourth-order valence-corrected chi connectivity index (χ4v) is 2.02. The molecule has 0 heterocycles. The lowest BCUT2D eigenvalue weighted by atomic mass is 9.99. The maximum Gasteiger partial charge on any atom is 0.416 e. The molecule has 2 nitrogen and oxygen atoms in total. The van der Waals surface area contributed by atoms with E-state index in [4.69, 9.17) is 4.74 Å². The minimum Gasteiger partial charge on any atom is -0.497 e. The molecule has 0 fully saturated rings. The first kappa shape index (κ1) is 15.4. The molecule has 5 heteroatoms. The molecule has 0 amide bonds. The Kier molecular flexibility index (Phi) is 4.53. The van der Waals surface area contributed by atoms with Gasteiger partial charge in [-0.1, -0.05) is 24.3 Å². The number of hydrogen-bond donors (Lipinski definition) is 1. The van der Waals surface area contributed by atoms with Crippen LogP contribution < -0.4 is 4.74 Å². The van der Waals surface area contributed by atoms with Crippen LogP contribution in [-0.2, 0) is 12.6 Å². The van der Waals surface area contributed by atoms with Crippen LogP contribution in [0.3, 0.4) is 0 Å². The number of aliphatic hydroxyl groups excluding tert-OH is 1. The SMILES string of the molecule is COc1ccc(CC(O)c2cccc(C(F)(F)F)c2)cc1. The minimum absolute atomic E-state index is 0.241. The number of hydrogen-bond acceptors (Lipinski definition) is 2. The van der Waals surface area contributed by atoms with Gasteiger partial charge in [0.2, 0.25) is 0 Å². The van der Waals surface area contributed by atoms with E-state index in [1.165, 1.54) is 12.1 Å². The lowest BCUT2D eigenvalue weighted by molar-refractivity contribution is -0.137. The largest absolute Gasteiger partial charge is 0.497 e. The van der Waals surface area contributed by atoms with Crippen molar-refractivity contribution in [3.8, 4) is 5.75 Å². The molecule has 112 valence electrons. The van der Waals surface area contributed by atoms with Crippen LogP contribution >= 0.6 is 0 Å². The third-order valence-electron chi connectivity index (χ3n) is 3.19. The summed E-state index contributed by atoms with van der Waals surface area (Å²) in [6, 6.07) is 11.8. The van der Waals surface area contributed by atoms with Crippen molar-refractivity contribution in [3.63, 3.8) is 0 Å². The van der Waals surface area contributed by atoms with Crippen LogP contribution in [0.4, 0.5) is 13.2 Å². The third-order valence-corrected chi connectivity index (χ3v) is 3.19. The molecule has 0 aliphatic heterocycles. The highest BCUT2D eigenvalue weighted by Gasteiger charge is 2.30. The average Bonchev–Trinajstić information content (AvgIpc) is 2.47. The van der Waals surface area contributed by atoms with Gasteiger partial charge in [0, 0.05) is 6.42 Å². The van der Waals surface area contributed by atoms with Gasteiger partial charge in [0.1, 0.15) is 5.75 Å². The molecule has 0 saturated carbocycles. The van der Waals surface area contributed by atoms with Gasteiger partial charge in [0.25, 0.3) is 0 Å². The Morgan fingerprint density at radius 1 is 1.10 bits per heavy atom. The van der Waals surface area contributed by atoms with Crippen LogP contribution in [0, 0.1) is 0 Å². The fourth-order valence-electron chi connectivity index (χ4n) is 2.02. The van der Waals surface area contributed by atoms with E-state index in [0.717, 1.165) is 17.7 Å². The van der Waals surface area contributed by atoms with Gasteiger partial charge in [-0.2, -0.15) is 13.2 Å². The zero-order valence-corrected chi connectivity index (χ0v) is 11.4. The number of alkyl halides is 3. The van der Waals surface area contributed by atoms with Crippen LogP contribution in [0.1, 0.15) is 22.8 Å². The van der Waals surface area contributed by atoms with Crippen molar-refractivity contribution >= 4 is 0 Å². The summed E-state index contributed by atoms with van der Waals surface area (Å²) in [6.45, 7) is 0. The summed E-state index contributed by atoms with van der Waals surface area (Å²) in [5.74, 6) is 0.687. The first-order chi connectivity index (χ1) is 9.90. The molecule has 0 aliphatic carbocycles. The van der Waals surface area contributed by atoms with E-state index in [-0.39, 0.29) is 12.0 Å². The molecule has 0 saturated heterocycles. The van der Waals surface area contributed by atoms with Gasteiger partial charge in [-0.3, -0.25) is 0 Å². The molecule has 0 radical (unpaired) electrons. The first-order valence-corrected chi connectivity index (χ1v) is 6.38. The number of rotatable bonds is 4. The summed E-state index contributed by atoms with van der Waals surface area (Å²) in [5.41, 5.74) is 0.315. The monoisotopic (exact) mass is 296 g/mol. The topological polar surface area (TPSA) is 29.5 Å². The summed E-state index contributed by atoms with van der Waals surface area (Å²) < 4.78 is 43.0. The zero-order chi connectivity index (χ0) is 15.5. The van der Waals surface area contributed by atoms with Gasteiger partial charge in [-0.05, 0) is 35.4 Å². The van der Waals surface area contributed by atoms with Crippen LogP contribution in [0.5, 0.6) is 5.75 Å². The second-order valence-corrected chi connectivity index (χ2v) is 4.69. The Hall–Kier alpha value is -2.01. The maximum atomic E-state index is 12.6. The van der Waals surface area contributed by atoms with Crippen LogP contribution in [-0.4, -0.2) is 12.2 Å². The zero-order valence-electron chi connectivity index (χ0n) is 11.4. The molecule has 0 bridgehead atoms. The Balaban J connectivity index is 2.14. The normalized spacial score (nSPS) is 13.0. The highest BCUT2D eigenvalue weighted by Crippen LogP contribution is 2.31. The quantitative estimate of drug-likeness (QED) is 0.924. The molecule has 1 atom stereocenters. The standard InChI is InChI=1S/C16H15F3O2/c1-21-14-7-5-11(6-8-14)9-15(20)12-3-2-4-13(10-12)16(17,18)19/h2-8,10,15,20H,9H2,1H3. The van der Waals surface area contributed by atoms with E-state index in [1.54, 1.807) is 31.4 Å². The van der Waals surface area contributed by atoms with Crippen LogP contribution in [0.25, 0.3) is 0 Å². The summed E-state index contributed by atoms with van der Waals surface area (Å²) in [4.78, 5) is 0. The second-order valence-electron chi connectivity index (χ2n) is 4.69. The minimum atomic E-state index is -4.41. The average molecular weight is 296 g/mol. The van der Waals surface area contributed by atoms with Crippen molar-refractivity contribution in [1.29, 1.82) is 0 Å². The fraction of sp³-hybridized carbons (Fsp3) is 0.250. The van der Waals surface area contributed by atoms with Crippen molar-refractivity contribution in [2.24, 2.45) is 0 Å². The van der Waals surface area contributed by atoms with Crippen LogP contribution in [0.15, 0.2) is 48.5 Å². The first-order valence-electron chi connectivity index (χ1n) is 6.38. The van der Waals surface area contributed by atoms with Crippen molar-refractivity contribution < 1.29 is 23.0 Å². The van der Waals surface area contributed by atoms with E-state index in [1.807, 2.05) is 0 Å². The summed E-state index contributed by atoms with van der Waals surface area (Å²) in [5, 5.41) is 10.1. The lowest BCUT2D eigenvalue weighted by Gasteiger charge is -2.14. The van der Waals surface area contributed by atoms with E-state index >= 15 is 0 Å². The molecule has 0 aliphatic rings. The van der Waals surface area contributed by atoms with Crippen molar-refractivity contribution in [1.82, 2.24) is 0 Å². The Labute approximate surface area is 120 Å². The van der Waals surface area contributed by atoms with Crippen molar-refractivity contribution in [3.05, 3.63) is 65.2 Å². The highest BCUT2D eigenvalue weighted by molar-refractivity contribution is 5.31. The highest BCUT2D eigenvalue weighted by atomic mass is 19.4. The molecule has 2 rings (SSSR count). The number of benzene rings is 2. The smallest absolute Gasteiger partial charge is 0.416 e. The number of methoxy groups -OCH3 is 1. The van der Waals surface area contributed by atoms with Crippen LogP contribution in [0.2, 0.25) is 0 Å². The second kappa shape index (κ2) is 6.18. The maximum absolute atomic E-state index is 12.6. The van der Waals surface area contributed by atoms with Gasteiger partial charge in [-0.15, -0.1) is 0 Å². The number of ether oxygens (including phenoxy) is 1. The Morgan fingerprint density at radius 3 is 2.33 bits per heavy atom. The molecule has 2 aromatic carbocycles. The molecular formula is C16H15F3O2. The Morgan fingerprint density at radius 2 is 1.76 bits per heavy atom. The van der Waals surface area contributed by atoms with E-state index < -0.39 is 17.8 Å². The van der Waals surface area contributed by atoms with Crippen molar-refractivity contribution in [2.75, 3.05) is 7.11 Å².